The fourth-order valence-electron chi connectivity index (χ4n) is 7.65. The SMILES string of the molecule is [2H]c1c([2H])c(-c2cc3cc(-c4ccccc4)ccc3c3ccccc23)c2c([2H])c([2H])c(-c3c4c([2H])c([2H])c([2H])c([2H])c4c(-c4ccc5occc5c4)c4c([2H])c([2H])c([2H])c([2H])c34)c([2H])c2c1[2H]. The molecule has 1 heterocycles. The minimum atomic E-state index is -0.686. The van der Waals surface area contributed by atoms with Crippen LogP contribution in [0.25, 0.3) is 109 Å². The van der Waals surface area contributed by atoms with E-state index in [-0.39, 0.29) is 49.0 Å². The number of furan rings is 1. The molecule has 0 N–H and O–H groups in total. The van der Waals surface area contributed by atoms with Gasteiger partial charge in [0.05, 0.1) is 25.5 Å². The van der Waals surface area contributed by atoms with Crippen molar-refractivity contribution >= 4 is 64.8 Å². The summed E-state index contributed by atoms with van der Waals surface area (Å²) in [5, 5.41) is 2.48. The van der Waals surface area contributed by atoms with Crippen LogP contribution in [-0.2, 0) is 0 Å². The van der Waals surface area contributed by atoms with Crippen molar-refractivity contribution in [2.75, 3.05) is 0 Å². The molecule has 1 heteroatoms. The van der Waals surface area contributed by atoms with E-state index >= 15 is 0 Å². The van der Waals surface area contributed by atoms with Gasteiger partial charge >= 0.3 is 0 Å². The Bertz CT molecular complexity index is 3950. The topological polar surface area (TPSA) is 13.1 Å². The van der Waals surface area contributed by atoms with Crippen molar-refractivity contribution in [2.45, 2.75) is 0 Å². The summed E-state index contributed by atoms with van der Waals surface area (Å²) < 4.78 is 136. The summed E-state index contributed by atoms with van der Waals surface area (Å²) in [4.78, 5) is 0. The number of hydrogen-bond donors (Lipinski definition) is 0. The molecule has 0 amide bonds. The summed E-state index contributed by atoms with van der Waals surface area (Å²) in [5.41, 5.74) is 2.48. The van der Waals surface area contributed by atoms with Crippen molar-refractivity contribution in [1.82, 2.24) is 0 Å². The van der Waals surface area contributed by atoms with Gasteiger partial charge in [-0.1, -0.05) is 151 Å². The predicted octanol–water partition coefficient (Wildman–Crippen LogP) is 14.9. The van der Waals surface area contributed by atoms with E-state index in [0.717, 1.165) is 27.3 Å². The van der Waals surface area contributed by atoms with Crippen LogP contribution in [0, 0.1) is 0 Å². The van der Waals surface area contributed by atoms with E-state index in [1.807, 2.05) is 78.9 Å². The molecule has 0 aliphatic heterocycles. The quantitative estimate of drug-likeness (QED) is 0.133. The van der Waals surface area contributed by atoms with Crippen molar-refractivity contribution in [3.05, 3.63) is 194 Å². The van der Waals surface area contributed by atoms with Gasteiger partial charge in [-0.2, -0.15) is 0 Å². The van der Waals surface area contributed by atoms with Gasteiger partial charge in [0.1, 0.15) is 5.58 Å². The second-order valence-corrected chi connectivity index (χ2v) is 12.9. The first-order chi connectivity index (χ1) is 32.1. The Morgan fingerprint density at radius 2 is 1.04 bits per heavy atom. The largest absolute Gasteiger partial charge is 0.464 e. The Balaban J connectivity index is 1.33. The highest BCUT2D eigenvalue weighted by atomic mass is 16.3. The summed E-state index contributed by atoms with van der Waals surface area (Å²) >= 11 is 0. The third-order valence-corrected chi connectivity index (χ3v) is 10.0. The third-order valence-electron chi connectivity index (χ3n) is 10.0. The van der Waals surface area contributed by atoms with Crippen LogP contribution < -0.4 is 0 Å². The third kappa shape index (κ3) is 4.71. The van der Waals surface area contributed by atoms with Gasteiger partial charge in [0.15, 0.2) is 0 Å². The first-order valence-corrected chi connectivity index (χ1v) is 17.1. The predicted molar refractivity (Wildman–Crippen MR) is 225 cm³/mol. The van der Waals surface area contributed by atoms with Crippen LogP contribution in [0.3, 0.4) is 0 Å². The fraction of sp³-hybridized carbons (Fsp3) is 0. The van der Waals surface area contributed by atoms with Crippen LogP contribution >= 0.6 is 0 Å². The minimum absolute atomic E-state index is 0.0429. The molecule has 0 aliphatic carbocycles. The Morgan fingerprint density at radius 1 is 0.358 bits per heavy atom. The lowest BCUT2D eigenvalue weighted by Crippen LogP contribution is -1.91. The lowest BCUT2D eigenvalue weighted by atomic mass is 9.85. The molecule has 10 aromatic carbocycles. The minimum Gasteiger partial charge on any atom is -0.464 e. The van der Waals surface area contributed by atoms with Crippen molar-refractivity contribution in [1.29, 1.82) is 0 Å². The van der Waals surface area contributed by atoms with Crippen LogP contribution in [-0.4, -0.2) is 0 Å². The van der Waals surface area contributed by atoms with Gasteiger partial charge in [0.25, 0.3) is 0 Å². The van der Waals surface area contributed by atoms with Crippen molar-refractivity contribution < 1.29 is 23.6 Å². The summed E-state index contributed by atoms with van der Waals surface area (Å²) in [6.07, 6.45) is 1.47. The zero-order chi connectivity index (χ0) is 47.1. The summed E-state index contributed by atoms with van der Waals surface area (Å²) in [7, 11) is 0. The molecule has 0 atom stereocenters. The standard InChI is InChI=1S/C52H32O/c1-2-11-33(12-3-1)34-21-24-41-39(29-34)32-49(44-15-5-4-14-42(41)44)43-20-10-13-35-30-37(22-25-40(35)43)51-45-16-6-8-18-47(45)52(48-19-9-7-17-46(48)51)38-23-26-50-36(31-38)27-28-53-50/h1-32H/i6D,7D,8D,9D,10D,13D,16D,17D,18D,19D,20D,22D,25D,30D. The Kier molecular flexibility index (Phi) is 4.24. The summed E-state index contributed by atoms with van der Waals surface area (Å²) in [6, 6.07) is 23.4. The van der Waals surface area contributed by atoms with E-state index in [2.05, 4.69) is 0 Å². The van der Waals surface area contributed by atoms with E-state index < -0.39 is 90.2 Å². The lowest BCUT2D eigenvalue weighted by molar-refractivity contribution is 0.616. The highest BCUT2D eigenvalue weighted by molar-refractivity contribution is 6.22. The zero-order valence-electron chi connectivity index (χ0n) is 41.8. The first kappa shape index (κ1) is 19.0. The molecule has 0 spiro atoms. The first-order valence-electron chi connectivity index (χ1n) is 24.1. The molecule has 0 fully saturated rings. The van der Waals surface area contributed by atoms with Gasteiger partial charge < -0.3 is 4.42 Å². The van der Waals surface area contributed by atoms with Crippen molar-refractivity contribution in [2.24, 2.45) is 0 Å². The van der Waals surface area contributed by atoms with Crippen LogP contribution in [0.15, 0.2) is 198 Å². The molecule has 0 saturated heterocycles. The van der Waals surface area contributed by atoms with Gasteiger partial charge in [0, 0.05) is 5.39 Å². The van der Waals surface area contributed by atoms with E-state index in [4.69, 9.17) is 9.90 Å². The maximum absolute atomic E-state index is 10.0. The van der Waals surface area contributed by atoms with Crippen LogP contribution in [0.5, 0.6) is 0 Å². The average Bonchev–Trinajstić information content (AvgIpc) is 3.82. The van der Waals surface area contributed by atoms with Gasteiger partial charge in [0.2, 0.25) is 0 Å². The number of rotatable bonds is 4. The molecule has 0 aliphatic rings. The maximum atomic E-state index is 10.0. The molecule has 11 rings (SSSR count). The molecule has 246 valence electrons. The summed E-state index contributed by atoms with van der Waals surface area (Å²) in [6.45, 7) is 0. The molecular weight excluding hydrogens is 641 g/mol. The fourth-order valence-corrected chi connectivity index (χ4v) is 7.65. The van der Waals surface area contributed by atoms with Crippen molar-refractivity contribution in [3.8, 4) is 44.5 Å². The number of benzene rings is 10. The van der Waals surface area contributed by atoms with Gasteiger partial charge in [-0.15, -0.1) is 0 Å². The molecule has 1 nitrogen and oxygen atoms in total. The summed E-state index contributed by atoms with van der Waals surface area (Å²) in [5.74, 6) is 0. The molecule has 53 heavy (non-hydrogen) atoms. The molecule has 0 saturated carbocycles. The van der Waals surface area contributed by atoms with Crippen LogP contribution in [0.1, 0.15) is 19.2 Å². The molecule has 11 aromatic rings. The van der Waals surface area contributed by atoms with E-state index in [1.54, 1.807) is 24.3 Å². The van der Waals surface area contributed by atoms with Gasteiger partial charge in [-0.25, -0.2) is 0 Å². The molecule has 0 unspecified atom stereocenters. The Morgan fingerprint density at radius 3 is 1.81 bits per heavy atom. The normalized spacial score (nSPS) is 15.5. The van der Waals surface area contributed by atoms with Crippen LogP contribution in [0.2, 0.25) is 0 Å². The molecular formula is C52H32O. The monoisotopic (exact) mass is 686 g/mol. The average molecular weight is 687 g/mol. The highest BCUT2D eigenvalue weighted by Crippen LogP contribution is 2.46. The molecule has 0 bridgehead atoms. The Labute approximate surface area is 326 Å². The van der Waals surface area contributed by atoms with E-state index in [1.165, 1.54) is 6.26 Å². The van der Waals surface area contributed by atoms with Gasteiger partial charge in [-0.05, 0) is 135 Å². The smallest absolute Gasteiger partial charge is 0.133 e. The second-order valence-electron chi connectivity index (χ2n) is 12.9. The number of hydrogen-bond acceptors (Lipinski definition) is 1. The van der Waals surface area contributed by atoms with E-state index in [9.17, 15) is 13.7 Å². The maximum Gasteiger partial charge on any atom is 0.133 e. The Hall–Kier alpha value is -6.96. The van der Waals surface area contributed by atoms with Crippen LogP contribution in [0.4, 0.5) is 0 Å². The highest BCUT2D eigenvalue weighted by Gasteiger charge is 2.18. The van der Waals surface area contributed by atoms with Crippen molar-refractivity contribution in [3.63, 3.8) is 0 Å². The van der Waals surface area contributed by atoms with Gasteiger partial charge in [-0.3, -0.25) is 0 Å². The lowest BCUT2D eigenvalue weighted by Gasteiger charge is -2.18. The molecule has 0 radical (unpaired) electrons. The molecule has 1 aromatic heterocycles. The zero-order valence-corrected chi connectivity index (χ0v) is 27.8. The number of fused-ring (bicyclic) bond motifs is 7. The van der Waals surface area contributed by atoms with E-state index in [0.29, 0.717) is 27.5 Å². The second kappa shape index (κ2) is 11.8.